The Labute approximate surface area is 127 Å². The average molecular weight is 287 g/mol. The molecule has 108 valence electrons. The minimum atomic E-state index is 0.613. The lowest BCUT2D eigenvalue weighted by Gasteiger charge is -2.18. The van der Waals surface area contributed by atoms with Gasteiger partial charge in [-0.1, -0.05) is 36.8 Å². The van der Waals surface area contributed by atoms with Crippen LogP contribution in [-0.4, -0.2) is 13.1 Å². The summed E-state index contributed by atoms with van der Waals surface area (Å²) < 4.78 is 0. The molecule has 0 spiro atoms. The Morgan fingerprint density at radius 1 is 1.15 bits per heavy atom. The first-order valence-corrected chi connectivity index (χ1v) is 8.52. The first kappa shape index (κ1) is 15.3. The minimum absolute atomic E-state index is 0.613. The van der Waals surface area contributed by atoms with Gasteiger partial charge in [0.2, 0.25) is 0 Å². The summed E-state index contributed by atoms with van der Waals surface area (Å²) >= 11 is 1.79. The fourth-order valence-corrected chi connectivity index (χ4v) is 3.16. The van der Waals surface area contributed by atoms with E-state index >= 15 is 0 Å². The average Bonchev–Trinajstić information content (AvgIpc) is 2.97. The maximum absolute atomic E-state index is 3.58. The molecule has 20 heavy (non-hydrogen) atoms. The summed E-state index contributed by atoms with van der Waals surface area (Å²) in [5, 5.41) is 8.02. The largest absolute Gasteiger partial charge is 0.316 e. The van der Waals surface area contributed by atoms with Gasteiger partial charge in [-0.05, 0) is 66.6 Å². The van der Waals surface area contributed by atoms with Crippen molar-refractivity contribution < 1.29 is 0 Å². The molecule has 0 aliphatic heterocycles. The van der Waals surface area contributed by atoms with E-state index in [0.29, 0.717) is 5.92 Å². The number of benzene rings is 1. The van der Waals surface area contributed by atoms with Gasteiger partial charge in [-0.2, -0.15) is 11.3 Å². The zero-order chi connectivity index (χ0) is 14.2. The van der Waals surface area contributed by atoms with Crippen molar-refractivity contribution in [2.24, 2.45) is 0 Å². The lowest BCUT2D eigenvalue weighted by atomic mass is 9.92. The van der Waals surface area contributed by atoms with Crippen LogP contribution in [0.2, 0.25) is 0 Å². The van der Waals surface area contributed by atoms with Crippen LogP contribution in [0.5, 0.6) is 0 Å². The van der Waals surface area contributed by atoms with E-state index in [1.807, 2.05) is 0 Å². The van der Waals surface area contributed by atoms with Crippen molar-refractivity contribution in [3.05, 3.63) is 57.8 Å². The van der Waals surface area contributed by atoms with Crippen LogP contribution in [0.15, 0.2) is 41.1 Å². The van der Waals surface area contributed by atoms with Gasteiger partial charge in [0.15, 0.2) is 0 Å². The molecule has 1 nitrogen and oxygen atoms in total. The first-order chi connectivity index (χ1) is 9.79. The molecular weight excluding hydrogens is 262 g/mol. The predicted octanol–water partition coefficient (Wildman–Crippen LogP) is 4.77. The molecule has 2 aromatic rings. The van der Waals surface area contributed by atoms with Gasteiger partial charge in [-0.15, -0.1) is 0 Å². The van der Waals surface area contributed by atoms with E-state index in [4.69, 9.17) is 0 Å². The highest BCUT2D eigenvalue weighted by Crippen LogP contribution is 2.22. The molecule has 1 heterocycles. The molecular formula is C18H25NS. The van der Waals surface area contributed by atoms with Crippen LogP contribution in [0, 0.1) is 6.92 Å². The third kappa shape index (κ3) is 4.77. The Morgan fingerprint density at radius 2 is 1.95 bits per heavy atom. The third-order valence-corrected chi connectivity index (χ3v) is 4.46. The zero-order valence-corrected chi connectivity index (χ0v) is 13.4. The van der Waals surface area contributed by atoms with Gasteiger partial charge in [-0.25, -0.2) is 0 Å². The van der Waals surface area contributed by atoms with Crippen molar-refractivity contribution in [2.75, 3.05) is 13.1 Å². The predicted molar refractivity (Wildman–Crippen MR) is 89.7 cm³/mol. The van der Waals surface area contributed by atoms with Crippen molar-refractivity contribution >= 4 is 11.3 Å². The fraction of sp³-hybridized carbons (Fsp3) is 0.444. The molecule has 0 aliphatic carbocycles. The van der Waals surface area contributed by atoms with Crippen LogP contribution in [0.25, 0.3) is 0 Å². The van der Waals surface area contributed by atoms with Gasteiger partial charge in [0.05, 0.1) is 0 Å². The van der Waals surface area contributed by atoms with E-state index in [1.165, 1.54) is 36.0 Å². The van der Waals surface area contributed by atoms with Crippen LogP contribution in [0.1, 0.15) is 42.4 Å². The maximum Gasteiger partial charge on any atom is 0.00202 e. The van der Waals surface area contributed by atoms with Gasteiger partial charge in [0.1, 0.15) is 0 Å². The van der Waals surface area contributed by atoms with E-state index in [9.17, 15) is 0 Å². The van der Waals surface area contributed by atoms with E-state index in [2.05, 4.69) is 60.3 Å². The summed E-state index contributed by atoms with van der Waals surface area (Å²) in [6, 6.07) is 11.3. The maximum atomic E-state index is 3.58. The lowest BCUT2D eigenvalue weighted by Crippen LogP contribution is -2.22. The number of nitrogens with one attached hydrogen (secondary N) is 1. The topological polar surface area (TPSA) is 12.0 Å². The van der Waals surface area contributed by atoms with E-state index < -0.39 is 0 Å². The highest BCUT2D eigenvalue weighted by atomic mass is 32.1. The molecule has 0 aliphatic rings. The monoisotopic (exact) mass is 287 g/mol. The van der Waals surface area contributed by atoms with Crippen molar-refractivity contribution in [2.45, 2.75) is 39.0 Å². The highest BCUT2D eigenvalue weighted by molar-refractivity contribution is 7.07. The summed E-state index contributed by atoms with van der Waals surface area (Å²) in [7, 11) is 0. The number of thiophene rings is 1. The number of hydrogen-bond acceptors (Lipinski definition) is 2. The summed E-state index contributed by atoms with van der Waals surface area (Å²) in [4.78, 5) is 0. The van der Waals surface area contributed by atoms with Crippen molar-refractivity contribution in [1.82, 2.24) is 5.32 Å². The molecule has 0 amide bonds. The number of hydrogen-bond donors (Lipinski definition) is 1. The summed E-state index contributed by atoms with van der Waals surface area (Å²) in [6.45, 7) is 6.57. The van der Waals surface area contributed by atoms with Gasteiger partial charge >= 0.3 is 0 Å². The smallest absolute Gasteiger partial charge is 0.00202 e. The molecule has 1 aromatic heterocycles. The van der Waals surface area contributed by atoms with E-state index in [0.717, 1.165) is 13.1 Å². The van der Waals surface area contributed by atoms with Gasteiger partial charge < -0.3 is 5.32 Å². The highest BCUT2D eigenvalue weighted by Gasteiger charge is 2.11. The van der Waals surface area contributed by atoms with E-state index in [-0.39, 0.29) is 0 Å². The van der Waals surface area contributed by atoms with Gasteiger partial charge in [0.25, 0.3) is 0 Å². The molecule has 2 rings (SSSR count). The molecule has 0 fully saturated rings. The molecule has 0 saturated carbocycles. The molecule has 1 aromatic carbocycles. The molecule has 0 radical (unpaired) electrons. The SMILES string of the molecule is CCCNCC(CCc1ccsc1)c1ccc(C)cc1. The third-order valence-electron chi connectivity index (χ3n) is 3.73. The first-order valence-electron chi connectivity index (χ1n) is 7.58. The van der Waals surface area contributed by atoms with Crippen LogP contribution >= 0.6 is 11.3 Å². The van der Waals surface area contributed by atoms with Crippen LogP contribution in [-0.2, 0) is 6.42 Å². The quantitative estimate of drug-likeness (QED) is 0.689. The van der Waals surface area contributed by atoms with E-state index in [1.54, 1.807) is 11.3 Å². The summed E-state index contributed by atoms with van der Waals surface area (Å²) in [6.07, 6.45) is 3.59. The van der Waals surface area contributed by atoms with Crippen molar-refractivity contribution in [3.63, 3.8) is 0 Å². The van der Waals surface area contributed by atoms with Gasteiger partial charge in [-0.3, -0.25) is 0 Å². The summed E-state index contributed by atoms with van der Waals surface area (Å²) in [5.74, 6) is 0.613. The summed E-state index contributed by atoms with van der Waals surface area (Å²) in [5.41, 5.74) is 4.28. The molecule has 2 heteroatoms. The second-order valence-corrected chi connectivity index (χ2v) is 6.26. The molecule has 0 bridgehead atoms. The molecule has 1 N–H and O–H groups in total. The number of aryl methyl sites for hydroxylation is 2. The van der Waals surface area contributed by atoms with Crippen molar-refractivity contribution in [1.29, 1.82) is 0 Å². The lowest BCUT2D eigenvalue weighted by molar-refractivity contribution is 0.549. The Balaban J connectivity index is 1.97. The zero-order valence-electron chi connectivity index (χ0n) is 12.6. The minimum Gasteiger partial charge on any atom is -0.316 e. The fourth-order valence-electron chi connectivity index (χ4n) is 2.45. The second kappa shape index (κ2) is 8.23. The standard InChI is InChI=1S/C18H25NS/c1-3-11-19-13-18(9-6-16-10-12-20-14-16)17-7-4-15(2)5-8-17/h4-5,7-8,10,12,14,18-19H,3,6,9,11,13H2,1-2H3. The molecule has 0 saturated heterocycles. The van der Waals surface area contributed by atoms with Crippen molar-refractivity contribution in [3.8, 4) is 0 Å². The molecule has 1 atom stereocenters. The second-order valence-electron chi connectivity index (χ2n) is 5.48. The van der Waals surface area contributed by atoms with Gasteiger partial charge in [0, 0.05) is 6.54 Å². The Hall–Kier alpha value is -1.12. The Morgan fingerprint density at radius 3 is 2.60 bits per heavy atom. The van der Waals surface area contributed by atoms with Crippen LogP contribution < -0.4 is 5.32 Å². The van der Waals surface area contributed by atoms with Crippen LogP contribution in [0.3, 0.4) is 0 Å². The Bertz CT molecular complexity index is 473. The normalized spacial score (nSPS) is 12.5. The molecule has 1 unspecified atom stereocenters. The number of rotatable bonds is 8. The van der Waals surface area contributed by atoms with Crippen LogP contribution in [0.4, 0.5) is 0 Å². The Kier molecular flexibility index (Phi) is 6.28.